The van der Waals surface area contributed by atoms with Gasteiger partial charge in [-0.3, -0.25) is 4.90 Å². The predicted octanol–water partition coefficient (Wildman–Crippen LogP) is 5.86. The minimum atomic E-state index is -1.04. The summed E-state index contributed by atoms with van der Waals surface area (Å²) in [6.07, 6.45) is 15.7. The fraction of sp³-hybridized carbons (Fsp3) is 0.739. The number of nitrogens with zero attached hydrogens (tertiary/aromatic N) is 1. The molecule has 28 heavy (non-hydrogen) atoms. The van der Waals surface area contributed by atoms with Crippen molar-refractivity contribution in [1.29, 1.82) is 0 Å². The van der Waals surface area contributed by atoms with Gasteiger partial charge in [0.1, 0.15) is 0 Å². The van der Waals surface area contributed by atoms with E-state index in [1.165, 1.54) is 11.1 Å². The number of aliphatic carboxylic acids is 1. The quantitative estimate of drug-likeness (QED) is 0.412. The molecule has 3 N–H and O–H groups in total. The lowest BCUT2D eigenvalue weighted by molar-refractivity contribution is -0.132. The molecule has 0 bridgehead atoms. The molecule has 0 aromatic heterocycles. The van der Waals surface area contributed by atoms with Gasteiger partial charge in [-0.05, 0) is 30.8 Å². The van der Waals surface area contributed by atoms with E-state index in [1.807, 2.05) is 6.08 Å². The molecule has 1 aliphatic rings. The Kier molecular flexibility index (Phi) is 10.3. The number of urea groups is 1. The van der Waals surface area contributed by atoms with Crippen molar-refractivity contribution in [2.45, 2.75) is 97.4 Å². The molecule has 0 radical (unpaired) electrons. The Morgan fingerprint density at radius 1 is 1.04 bits per heavy atom. The van der Waals surface area contributed by atoms with Crippen LogP contribution >= 0.6 is 0 Å². The van der Waals surface area contributed by atoms with Gasteiger partial charge in [0.2, 0.25) is 0 Å². The number of nitrogens with two attached hydrogens (primary N) is 1. The highest BCUT2D eigenvalue weighted by Crippen LogP contribution is 2.40. The molecule has 2 unspecified atom stereocenters. The van der Waals surface area contributed by atoms with Gasteiger partial charge in [-0.15, -0.1) is 0 Å². The molecule has 2 amide bonds. The highest BCUT2D eigenvalue weighted by molar-refractivity contribution is 5.91. The Morgan fingerprint density at radius 2 is 1.54 bits per heavy atom. The zero-order chi connectivity index (χ0) is 21.2. The van der Waals surface area contributed by atoms with Crippen LogP contribution in [0.1, 0.15) is 91.9 Å². The molecule has 5 nitrogen and oxygen atoms in total. The number of carbonyl (C=O) groups excluding carboxylic acids is 1. The van der Waals surface area contributed by atoms with Crippen molar-refractivity contribution in [2.24, 2.45) is 17.6 Å². The van der Waals surface area contributed by atoms with Crippen LogP contribution in [0.2, 0.25) is 0 Å². The van der Waals surface area contributed by atoms with Crippen molar-refractivity contribution in [2.75, 3.05) is 0 Å². The average Bonchev–Trinajstić information content (AvgIpc) is 2.68. The van der Waals surface area contributed by atoms with Crippen molar-refractivity contribution in [3.8, 4) is 0 Å². The summed E-state index contributed by atoms with van der Waals surface area (Å²) in [5.41, 5.74) is 5.33. The number of hydrogen-bond acceptors (Lipinski definition) is 2. The Morgan fingerprint density at radius 3 is 1.89 bits per heavy atom. The van der Waals surface area contributed by atoms with Crippen molar-refractivity contribution >= 4 is 12.0 Å². The average molecular weight is 393 g/mol. The van der Waals surface area contributed by atoms with Crippen LogP contribution in [0.25, 0.3) is 0 Å². The van der Waals surface area contributed by atoms with E-state index in [0.29, 0.717) is 11.8 Å². The van der Waals surface area contributed by atoms with Crippen LogP contribution in [0.15, 0.2) is 23.9 Å². The number of unbranched alkanes of at least 4 members (excludes halogenated alkanes) is 2. The first-order valence-corrected chi connectivity index (χ1v) is 11.1. The van der Waals surface area contributed by atoms with Gasteiger partial charge in [0.15, 0.2) is 0 Å². The summed E-state index contributed by atoms with van der Waals surface area (Å²) in [6.45, 7) is 8.78. The second-order valence-electron chi connectivity index (χ2n) is 8.28. The molecule has 1 aliphatic heterocycles. The molecule has 0 fully saturated rings. The van der Waals surface area contributed by atoms with Crippen LogP contribution in [-0.2, 0) is 4.79 Å². The second-order valence-corrected chi connectivity index (χ2v) is 8.28. The van der Waals surface area contributed by atoms with Gasteiger partial charge in [-0.1, -0.05) is 85.1 Å². The van der Waals surface area contributed by atoms with E-state index in [0.717, 1.165) is 64.2 Å². The summed E-state index contributed by atoms with van der Waals surface area (Å²) in [4.78, 5) is 25.4. The fourth-order valence-corrected chi connectivity index (χ4v) is 4.35. The first-order chi connectivity index (χ1) is 13.3. The molecule has 0 aromatic carbocycles. The molecule has 0 aliphatic carbocycles. The number of rotatable bonds is 13. The standard InChI is InChI=1S/C23H40N2O3/c1-5-9-11-18(7-3)15-23(16-19(8-4)12-10-6-2)14-13-20(21(26)27)17-25(23)22(24)28/h13-14,17-19H,5-12,15-16H2,1-4H3,(H2,24,28)(H,26,27). The molecule has 0 spiro atoms. The number of carboxylic acid groups (broad SMARTS) is 1. The topological polar surface area (TPSA) is 83.6 Å². The maximum absolute atomic E-state index is 12.4. The fourth-order valence-electron chi connectivity index (χ4n) is 4.35. The van der Waals surface area contributed by atoms with Crippen LogP contribution in [0.3, 0.4) is 0 Å². The number of carboxylic acids is 1. The van der Waals surface area contributed by atoms with Crippen molar-refractivity contribution in [1.82, 2.24) is 4.90 Å². The minimum absolute atomic E-state index is 0.109. The molecule has 0 aromatic rings. The maximum Gasteiger partial charge on any atom is 0.337 e. The highest BCUT2D eigenvalue weighted by Gasteiger charge is 2.41. The van der Waals surface area contributed by atoms with Crippen LogP contribution < -0.4 is 5.73 Å². The zero-order valence-corrected chi connectivity index (χ0v) is 18.2. The van der Waals surface area contributed by atoms with Crippen LogP contribution in [-0.4, -0.2) is 27.5 Å². The second kappa shape index (κ2) is 11.9. The lowest BCUT2D eigenvalue weighted by Crippen LogP contribution is -2.53. The van der Waals surface area contributed by atoms with E-state index >= 15 is 0 Å². The first kappa shape index (κ1) is 24.3. The van der Waals surface area contributed by atoms with Crippen LogP contribution in [0, 0.1) is 11.8 Å². The highest BCUT2D eigenvalue weighted by atomic mass is 16.4. The monoisotopic (exact) mass is 392 g/mol. The Bertz CT molecular complexity index is 550. The molecule has 0 saturated heterocycles. The van der Waals surface area contributed by atoms with Gasteiger partial charge < -0.3 is 10.8 Å². The Hall–Kier alpha value is -1.78. The van der Waals surface area contributed by atoms with E-state index in [4.69, 9.17) is 5.73 Å². The van der Waals surface area contributed by atoms with Gasteiger partial charge in [-0.2, -0.15) is 0 Å². The smallest absolute Gasteiger partial charge is 0.337 e. The van der Waals surface area contributed by atoms with Gasteiger partial charge in [0.25, 0.3) is 0 Å². The summed E-state index contributed by atoms with van der Waals surface area (Å²) < 4.78 is 0. The third-order valence-electron chi connectivity index (χ3n) is 6.18. The van der Waals surface area contributed by atoms with Crippen LogP contribution in [0.4, 0.5) is 4.79 Å². The minimum Gasteiger partial charge on any atom is -0.478 e. The predicted molar refractivity (Wildman–Crippen MR) is 115 cm³/mol. The number of carbonyl (C=O) groups is 2. The van der Waals surface area contributed by atoms with E-state index < -0.39 is 17.5 Å². The summed E-state index contributed by atoms with van der Waals surface area (Å²) in [5, 5.41) is 9.40. The molecule has 160 valence electrons. The molecule has 1 heterocycles. The SMILES string of the molecule is CCCCC(CC)CC1(CC(CC)CCCC)C=CC(C(=O)O)=CN1C(N)=O. The van der Waals surface area contributed by atoms with Crippen LogP contribution in [0.5, 0.6) is 0 Å². The van der Waals surface area contributed by atoms with Gasteiger partial charge in [0, 0.05) is 6.20 Å². The summed E-state index contributed by atoms with van der Waals surface area (Å²) >= 11 is 0. The molecule has 1 rings (SSSR count). The largest absolute Gasteiger partial charge is 0.478 e. The first-order valence-electron chi connectivity index (χ1n) is 11.1. The third-order valence-corrected chi connectivity index (χ3v) is 6.18. The normalized spacial score (nSPS) is 21.3. The lowest BCUT2D eigenvalue weighted by Gasteiger charge is -2.45. The van der Waals surface area contributed by atoms with Crippen molar-refractivity contribution < 1.29 is 14.7 Å². The van der Waals surface area contributed by atoms with Gasteiger partial charge >= 0.3 is 12.0 Å². The molecule has 0 saturated carbocycles. The van der Waals surface area contributed by atoms with Crippen molar-refractivity contribution in [3.05, 3.63) is 23.9 Å². The Balaban J connectivity index is 3.26. The summed E-state index contributed by atoms with van der Waals surface area (Å²) in [6, 6.07) is -0.571. The van der Waals surface area contributed by atoms with E-state index in [-0.39, 0.29) is 5.57 Å². The number of amides is 2. The maximum atomic E-state index is 12.4. The molecular weight excluding hydrogens is 352 g/mol. The summed E-state index contributed by atoms with van der Waals surface area (Å²) in [7, 11) is 0. The van der Waals surface area contributed by atoms with E-state index in [9.17, 15) is 14.7 Å². The Labute approximate surface area is 171 Å². The molecule has 5 heteroatoms. The molecular formula is C23H40N2O3. The van der Waals surface area contributed by atoms with Crippen molar-refractivity contribution in [3.63, 3.8) is 0 Å². The number of hydrogen-bond donors (Lipinski definition) is 2. The zero-order valence-electron chi connectivity index (χ0n) is 18.2. The van der Waals surface area contributed by atoms with E-state index in [1.54, 1.807) is 6.08 Å². The summed E-state index contributed by atoms with van der Waals surface area (Å²) in [5.74, 6) is -0.0723. The van der Waals surface area contributed by atoms with E-state index in [2.05, 4.69) is 27.7 Å². The van der Waals surface area contributed by atoms with Gasteiger partial charge in [0.05, 0.1) is 11.1 Å². The lowest BCUT2D eigenvalue weighted by atomic mass is 9.74. The van der Waals surface area contributed by atoms with Gasteiger partial charge in [-0.25, -0.2) is 9.59 Å². The number of primary amides is 1. The third kappa shape index (κ3) is 6.68. The molecule has 2 atom stereocenters.